The van der Waals surface area contributed by atoms with E-state index in [0.29, 0.717) is 0 Å². The second-order valence-corrected chi connectivity index (χ2v) is 0.598. The molecule has 0 aliphatic heterocycles. The number of carboxylic acid groups (broad SMARTS) is 1. The van der Waals surface area contributed by atoms with Crippen LogP contribution in [0.3, 0.4) is 0 Å². The Bertz CT molecular complexity index is 49.3. The Balaban J connectivity index is -0.0000000267. The summed E-state index contributed by atoms with van der Waals surface area (Å²) in [5.74, 6) is -0.968. The molecule has 0 spiro atoms. The van der Waals surface area contributed by atoms with Crippen molar-refractivity contribution in [2.75, 3.05) is 6.54 Å². The van der Waals surface area contributed by atoms with Crippen molar-refractivity contribution in [2.24, 2.45) is 5.73 Å². The van der Waals surface area contributed by atoms with Crippen LogP contribution in [0.25, 0.3) is 0 Å². The van der Waals surface area contributed by atoms with Crippen LogP contribution >= 0.6 is 0 Å². The zero-order valence-corrected chi connectivity index (χ0v) is 7.31. The third kappa shape index (κ3) is 37.9. The molecule has 0 aromatic rings. The van der Waals surface area contributed by atoms with Crippen LogP contribution < -0.4 is 5.73 Å². The van der Waals surface area contributed by atoms with Crippen molar-refractivity contribution in [3.8, 4) is 0 Å². The van der Waals surface area contributed by atoms with Crippen molar-refractivity contribution in [2.45, 2.75) is 0 Å². The van der Waals surface area contributed by atoms with Crippen LogP contribution in [0.2, 0.25) is 0 Å². The van der Waals surface area contributed by atoms with E-state index in [1.54, 1.807) is 0 Å². The van der Waals surface area contributed by atoms with Crippen LogP contribution in [-0.2, 0) is 24.3 Å². The number of hydrogen-bond acceptors (Lipinski definition) is 2. The van der Waals surface area contributed by atoms with Crippen molar-refractivity contribution in [3.05, 3.63) is 0 Å². The second kappa shape index (κ2) is 15.8. The van der Waals surface area contributed by atoms with E-state index in [9.17, 15) is 4.79 Å². The molecule has 0 aromatic carbocycles. The van der Waals surface area contributed by atoms with Crippen LogP contribution in [-0.4, -0.2) is 28.6 Å². The van der Waals surface area contributed by atoms with Crippen molar-refractivity contribution in [1.82, 2.24) is 0 Å². The molecule has 0 unspecified atom stereocenters. The van der Waals surface area contributed by atoms with Crippen LogP contribution in [0.1, 0.15) is 0 Å². The first-order valence-corrected chi connectivity index (χ1v) is 1.19. The normalized spacial score (nSPS) is 4.62. The molecule has 0 fully saturated rings. The van der Waals surface area contributed by atoms with E-state index in [2.05, 4.69) is 5.73 Å². The van der Waals surface area contributed by atoms with Gasteiger partial charge in [0.25, 0.3) is 0 Å². The van der Waals surface area contributed by atoms with Gasteiger partial charge >= 0.3 is 5.97 Å². The molecule has 48 valence electrons. The number of rotatable bonds is 1. The number of carbonyl (C=O) groups is 1. The third-order valence-electron chi connectivity index (χ3n) is 0.175. The van der Waals surface area contributed by atoms with Gasteiger partial charge in [-0.05, 0) is 0 Å². The maximum atomic E-state index is 9.24. The molecule has 5 nitrogen and oxygen atoms in total. The number of hydrogen-bond donors (Lipinski definition) is 2. The SMILES string of the molecule is NCC(=O)O.O.O.[Zn]. The molecule has 0 amide bonds. The summed E-state index contributed by atoms with van der Waals surface area (Å²) >= 11 is 0. The molecule has 0 saturated heterocycles. The summed E-state index contributed by atoms with van der Waals surface area (Å²) in [5, 5.41) is 7.60. The van der Waals surface area contributed by atoms with Gasteiger partial charge in [-0.25, -0.2) is 0 Å². The van der Waals surface area contributed by atoms with Crippen LogP contribution in [0.15, 0.2) is 0 Å². The number of aliphatic carboxylic acids is 1. The van der Waals surface area contributed by atoms with Crippen molar-refractivity contribution < 1.29 is 40.3 Å². The summed E-state index contributed by atoms with van der Waals surface area (Å²) in [4.78, 5) is 9.24. The molecule has 0 heterocycles. The van der Waals surface area contributed by atoms with Crippen molar-refractivity contribution in [1.29, 1.82) is 0 Å². The van der Waals surface area contributed by atoms with Gasteiger partial charge in [-0.2, -0.15) is 0 Å². The molecule has 8 heavy (non-hydrogen) atoms. The minimum atomic E-state index is -0.968. The molecule has 0 atom stereocenters. The fourth-order valence-corrected chi connectivity index (χ4v) is 0. The van der Waals surface area contributed by atoms with Crippen LogP contribution in [0.4, 0.5) is 0 Å². The Morgan fingerprint density at radius 2 is 1.62 bits per heavy atom. The fraction of sp³-hybridized carbons (Fsp3) is 0.500. The van der Waals surface area contributed by atoms with Crippen LogP contribution in [0.5, 0.6) is 0 Å². The van der Waals surface area contributed by atoms with Gasteiger partial charge in [0.2, 0.25) is 0 Å². The molecule has 6 heteroatoms. The van der Waals surface area contributed by atoms with Gasteiger partial charge in [0.15, 0.2) is 0 Å². The molecule has 0 radical (unpaired) electrons. The first kappa shape index (κ1) is 24.6. The van der Waals surface area contributed by atoms with Gasteiger partial charge in [0.05, 0.1) is 6.54 Å². The van der Waals surface area contributed by atoms with E-state index in [1.807, 2.05) is 0 Å². The average molecular weight is 176 g/mol. The summed E-state index contributed by atoms with van der Waals surface area (Å²) in [5.41, 5.74) is 4.57. The monoisotopic (exact) mass is 175 g/mol. The van der Waals surface area contributed by atoms with E-state index >= 15 is 0 Å². The third-order valence-corrected chi connectivity index (χ3v) is 0.175. The number of carboxylic acids is 1. The topological polar surface area (TPSA) is 126 Å². The van der Waals surface area contributed by atoms with Gasteiger partial charge in [-0.1, -0.05) is 0 Å². The predicted octanol–water partition coefficient (Wildman–Crippen LogP) is -2.62. The van der Waals surface area contributed by atoms with Crippen molar-refractivity contribution in [3.63, 3.8) is 0 Å². The molecule has 0 aliphatic rings. The van der Waals surface area contributed by atoms with Gasteiger partial charge in [-0.3, -0.25) is 4.79 Å². The minimum Gasteiger partial charge on any atom is -0.480 e. The largest absolute Gasteiger partial charge is 0.480 e. The van der Waals surface area contributed by atoms with Crippen molar-refractivity contribution >= 4 is 5.97 Å². The standard InChI is InChI=1S/C2H5NO2.2H2O.Zn/c3-1-2(4)5;;;/h1,3H2,(H,4,5);2*1H2;. The smallest absolute Gasteiger partial charge is 0.317 e. The van der Waals surface area contributed by atoms with Gasteiger partial charge < -0.3 is 21.8 Å². The maximum absolute atomic E-state index is 9.24. The van der Waals surface area contributed by atoms with E-state index in [1.165, 1.54) is 0 Å². The molecular formula is C2H9NO4Zn. The van der Waals surface area contributed by atoms with E-state index in [0.717, 1.165) is 0 Å². The Labute approximate surface area is 59.2 Å². The molecular weight excluding hydrogens is 167 g/mol. The summed E-state index contributed by atoms with van der Waals surface area (Å²) in [6.07, 6.45) is 0. The molecule has 0 rings (SSSR count). The Hall–Kier alpha value is -0.0266. The summed E-state index contributed by atoms with van der Waals surface area (Å²) in [6, 6.07) is 0. The van der Waals surface area contributed by atoms with E-state index < -0.39 is 5.97 Å². The summed E-state index contributed by atoms with van der Waals surface area (Å²) in [6.45, 7) is -0.278. The van der Waals surface area contributed by atoms with Crippen LogP contribution in [0, 0.1) is 0 Å². The van der Waals surface area contributed by atoms with E-state index in [4.69, 9.17) is 5.11 Å². The van der Waals surface area contributed by atoms with Gasteiger partial charge in [0, 0.05) is 19.5 Å². The second-order valence-electron chi connectivity index (χ2n) is 0.598. The molecule has 0 bridgehead atoms. The van der Waals surface area contributed by atoms with Gasteiger partial charge in [-0.15, -0.1) is 0 Å². The quantitative estimate of drug-likeness (QED) is 0.425. The minimum absolute atomic E-state index is 0. The fourth-order valence-electron chi connectivity index (χ4n) is 0. The van der Waals surface area contributed by atoms with E-state index in [-0.39, 0.29) is 37.0 Å². The zero-order valence-electron chi connectivity index (χ0n) is 4.35. The molecule has 7 N–H and O–H groups in total. The average Bonchev–Trinajstić information content (AvgIpc) is 1.38. The molecule has 0 aromatic heterocycles. The first-order chi connectivity index (χ1) is 2.27. The first-order valence-electron chi connectivity index (χ1n) is 1.19. The Morgan fingerprint density at radius 3 is 1.62 bits per heavy atom. The Kier molecular flexibility index (Phi) is 48.4. The summed E-state index contributed by atoms with van der Waals surface area (Å²) < 4.78 is 0. The zero-order chi connectivity index (χ0) is 4.28. The van der Waals surface area contributed by atoms with Gasteiger partial charge in [0.1, 0.15) is 0 Å². The molecule has 0 saturated carbocycles. The molecule has 0 aliphatic carbocycles. The number of nitrogens with two attached hydrogens (primary N) is 1. The predicted molar refractivity (Wildman–Crippen MR) is 23.9 cm³/mol. The Morgan fingerprint density at radius 1 is 1.50 bits per heavy atom. The summed E-state index contributed by atoms with van der Waals surface area (Å²) in [7, 11) is 0. The maximum Gasteiger partial charge on any atom is 0.317 e.